The molecule has 24 heavy (non-hydrogen) atoms. The molecule has 0 unspecified atom stereocenters. The molecule has 0 bridgehead atoms. The molecule has 1 aromatic rings. The molecule has 0 saturated heterocycles. The Labute approximate surface area is 153 Å². The molecule has 0 atom stereocenters. The summed E-state index contributed by atoms with van der Waals surface area (Å²) in [4.78, 5) is 2.51. The average molecular weight is 346 g/mol. The van der Waals surface area contributed by atoms with Crippen molar-refractivity contribution >= 4 is 17.7 Å². The number of benzene rings is 1. The van der Waals surface area contributed by atoms with Gasteiger partial charge in [-0.1, -0.05) is 74.4 Å². The highest BCUT2D eigenvalue weighted by Crippen LogP contribution is 2.36. The van der Waals surface area contributed by atoms with Gasteiger partial charge in [-0.05, 0) is 55.8 Å². The van der Waals surface area contributed by atoms with E-state index in [1.165, 1.54) is 75.3 Å². The molecule has 2 aliphatic carbocycles. The van der Waals surface area contributed by atoms with Gasteiger partial charge < -0.3 is 0 Å². The van der Waals surface area contributed by atoms with Crippen LogP contribution in [0.2, 0.25) is 5.02 Å². The van der Waals surface area contributed by atoms with Gasteiger partial charge in [0, 0.05) is 17.6 Å². The van der Waals surface area contributed by atoms with Crippen LogP contribution in [0.1, 0.15) is 81.3 Å². The molecule has 0 heterocycles. The summed E-state index contributed by atoms with van der Waals surface area (Å²) in [5.74, 6) is 0.682. The molecular weight excluding hydrogens is 314 g/mol. The summed E-state index contributed by atoms with van der Waals surface area (Å²) in [6.07, 6.45) is 18.2. The van der Waals surface area contributed by atoms with E-state index in [4.69, 9.17) is 11.6 Å². The van der Waals surface area contributed by atoms with Crippen molar-refractivity contribution in [1.29, 1.82) is 0 Å². The van der Waals surface area contributed by atoms with Gasteiger partial charge in [-0.3, -0.25) is 4.90 Å². The third kappa shape index (κ3) is 4.86. The predicted molar refractivity (Wildman–Crippen MR) is 106 cm³/mol. The highest BCUT2D eigenvalue weighted by molar-refractivity contribution is 6.31. The third-order valence-electron chi connectivity index (χ3n) is 5.97. The van der Waals surface area contributed by atoms with Crippen molar-refractivity contribution in [2.75, 3.05) is 13.6 Å². The van der Waals surface area contributed by atoms with Crippen LogP contribution in [-0.2, 0) is 0 Å². The van der Waals surface area contributed by atoms with Crippen molar-refractivity contribution in [3.63, 3.8) is 0 Å². The summed E-state index contributed by atoms with van der Waals surface area (Å²) >= 11 is 6.58. The molecule has 2 fully saturated rings. The number of halogens is 1. The zero-order valence-electron chi connectivity index (χ0n) is 15.1. The molecule has 0 aromatic heterocycles. The van der Waals surface area contributed by atoms with E-state index in [2.05, 4.69) is 42.3 Å². The molecule has 0 spiro atoms. The minimum Gasteiger partial charge on any atom is -0.300 e. The molecule has 0 aliphatic heterocycles. The maximum absolute atomic E-state index is 6.58. The van der Waals surface area contributed by atoms with Crippen LogP contribution in [0.5, 0.6) is 0 Å². The highest BCUT2D eigenvalue weighted by Gasteiger charge is 2.18. The van der Waals surface area contributed by atoms with E-state index in [-0.39, 0.29) is 0 Å². The van der Waals surface area contributed by atoms with E-state index in [0.717, 1.165) is 17.6 Å². The number of hydrogen-bond acceptors (Lipinski definition) is 1. The summed E-state index contributed by atoms with van der Waals surface area (Å²) in [5, 5.41) is 0.963. The van der Waals surface area contributed by atoms with Crippen LogP contribution in [-0.4, -0.2) is 24.5 Å². The van der Waals surface area contributed by atoms with Gasteiger partial charge in [-0.2, -0.15) is 0 Å². The molecule has 2 aliphatic rings. The smallest absolute Gasteiger partial charge is 0.0446 e. The van der Waals surface area contributed by atoms with Crippen LogP contribution in [0.4, 0.5) is 0 Å². The van der Waals surface area contributed by atoms with Crippen molar-refractivity contribution in [3.8, 4) is 0 Å². The molecule has 3 rings (SSSR count). The second kappa shape index (κ2) is 9.06. The molecule has 0 amide bonds. The monoisotopic (exact) mass is 345 g/mol. The summed E-state index contributed by atoms with van der Waals surface area (Å²) in [6.45, 7) is 1.03. The summed E-state index contributed by atoms with van der Waals surface area (Å²) < 4.78 is 0. The van der Waals surface area contributed by atoms with Crippen LogP contribution in [0.15, 0.2) is 24.3 Å². The van der Waals surface area contributed by atoms with Gasteiger partial charge in [0.2, 0.25) is 0 Å². The molecule has 2 saturated carbocycles. The van der Waals surface area contributed by atoms with Crippen molar-refractivity contribution in [3.05, 3.63) is 40.4 Å². The van der Waals surface area contributed by atoms with Crippen molar-refractivity contribution in [2.45, 2.75) is 76.2 Å². The number of hydrogen-bond donors (Lipinski definition) is 0. The third-order valence-corrected chi connectivity index (χ3v) is 6.30. The fourth-order valence-electron chi connectivity index (χ4n) is 4.42. The van der Waals surface area contributed by atoms with E-state index < -0.39 is 0 Å². The van der Waals surface area contributed by atoms with E-state index in [1.807, 2.05) is 0 Å². The Morgan fingerprint density at radius 1 is 1.00 bits per heavy atom. The first-order chi connectivity index (χ1) is 11.7. The SMILES string of the molecule is CN(CC=Cc1ccc(C2CCCCC2)c(Cl)c1)C1CCCCC1. The largest absolute Gasteiger partial charge is 0.300 e. The van der Waals surface area contributed by atoms with Crippen LogP contribution < -0.4 is 0 Å². The Bertz CT molecular complexity index is 539. The first-order valence-corrected chi connectivity index (χ1v) is 10.3. The lowest BCUT2D eigenvalue weighted by atomic mass is 9.84. The molecule has 0 N–H and O–H groups in total. The number of rotatable bonds is 5. The van der Waals surface area contributed by atoms with Gasteiger partial charge in [-0.25, -0.2) is 0 Å². The quantitative estimate of drug-likeness (QED) is 0.576. The van der Waals surface area contributed by atoms with Gasteiger partial charge in [0.05, 0.1) is 0 Å². The average Bonchev–Trinajstić information content (AvgIpc) is 2.63. The first kappa shape index (κ1) is 18.0. The minimum atomic E-state index is 0.682. The second-order valence-corrected chi connectivity index (χ2v) is 8.16. The lowest BCUT2D eigenvalue weighted by Crippen LogP contribution is -2.33. The van der Waals surface area contributed by atoms with Crippen molar-refractivity contribution in [2.24, 2.45) is 0 Å². The normalized spacial score (nSPS) is 21.0. The first-order valence-electron chi connectivity index (χ1n) is 9.90. The van der Waals surface area contributed by atoms with Crippen LogP contribution >= 0.6 is 11.6 Å². The standard InChI is InChI=1S/C22H32ClN/c1-24(20-12-6-3-7-13-20)16-8-9-18-14-15-21(22(23)17-18)19-10-4-2-5-11-19/h8-9,14-15,17,19-20H,2-7,10-13,16H2,1H3. The van der Waals surface area contributed by atoms with E-state index in [9.17, 15) is 0 Å². The maximum atomic E-state index is 6.58. The number of likely N-dealkylation sites (N-methyl/N-ethyl adjacent to an activating group) is 1. The molecule has 0 radical (unpaired) electrons. The Morgan fingerprint density at radius 3 is 2.33 bits per heavy atom. The second-order valence-electron chi connectivity index (χ2n) is 7.75. The summed E-state index contributed by atoms with van der Waals surface area (Å²) in [7, 11) is 2.26. The van der Waals surface area contributed by atoms with Crippen molar-refractivity contribution < 1.29 is 0 Å². The number of nitrogens with zero attached hydrogens (tertiary/aromatic N) is 1. The van der Waals surface area contributed by atoms with Gasteiger partial charge >= 0.3 is 0 Å². The van der Waals surface area contributed by atoms with Gasteiger partial charge in [0.1, 0.15) is 0 Å². The van der Waals surface area contributed by atoms with E-state index >= 15 is 0 Å². The Morgan fingerprint density at radius 2 is 1.67 bits per heavy atom. The zero-order valence-corrected chi connectivity index (χ0v) is 15.9. The van der Waals surface area contributed by atoms with E-state index in [0.29, 0.717) is 5.92 Å². The van der Waals surface area contributed by atoms with Crippen LogP contribution in [0.3, 0.4) is 0 Å². The highest BCUT2D eigenvalue weighted by atomic mass is 35.5. The Kier molecular flexibility index (Phi) is 6.80. The molecule has 1 nitrogen and oxygen atoms in total. The van der Waals surface area contributed by atoms with Gasteiger partial charge in [0.25, 0.3) is 0 Å². The van der Waals surface area contributed by atoms with Gasteiger partial charge in [0.15, 0.2) is 0 Å². The Hall–Kier alpha value is -0.790. The fraction of sp³-hybridized carbons (Fsp3) is 0.636. The lowest BCUT2D eigenvalue weighted by molar-refractivity contribution is 0.209. The topological polar surface area (TPSA) is 3.24 Å². The molecule has 1 aromatic carbocycles. The summed E-state index contributed by atoms with van der Waals surface area (Å²) in [6, 6.07) is 7.44. The molecular formula is C22H32ClN. The van der Waals surface area contributed by atoms with Gasteiger partial charge in [-0.15, -0.1) is 0 Å². The molecule has 132 valence electrons. The maximum Gasteiger partial charge on any atom is 0.0446 e. The summed E-state index contributed by atoms with van der Waals surface area (Å²) in [5.41, 5.74) is 2.60. The fourth-order valence-corrected chi connectivity index (χ4v) is 4.76. The minimum absolute atomic E-state index is 0.682. The predicted octanol–water partition coefficient (Wildman–Crippen LogP) is 6.67. The van der Waals surface area contributed by atoms with Crippen LogP contribution in [0, 0.1) is 0 Å². The van der Waals surface area contributed by atoms with Crippen molar-refractivity contribution in [1.82, 2.24) is 4.90 Å². The zero-order chi connectivity index (χ0) is 16.8. The van der Waals surface area contributed by atoms with Crippen LogP contribution in [0.25, 0.3) is 6.08 Å². The van der Waals surface area contributed by atoms with E-state index in [1.54, 1.807) is 0 Å². The lowest BCUT2D eigenvalue weighted by Gasteiger charge is -2.30. The Balaban J connectivity index is 1.55. The molecule has 2 heteroatoms.